The predicted molar refractivity (Wildman–Crippen MR) is 138 cm³/mol. The van der Waals surface area contributed by atoms with Crippen LogP contribution in [0, 0.1) is 5.82 Å². The van der Waals surface area contributed by atoms with Crippen LogP contribution in [-0.4, -0.2) is 43.2 Å². The number of carbonyl (C=O) groups is 1. The van der Waals surface area contributed by atoms with Gasteiger partial charge in [0, 0.05) is 37.0 Å². The van der Waals surface area contributed by atoms with Crippen molar-refractivity contribution in [3.63, 3.8) is 0 Å². The Hall–Kier alpha value is -4.48. The zero-order chi connectivity index (χ0) is 27.7. The molecule has 3 aromatic heterocycles. The van der Waals surface area contributed by atoms with Gasteiger partial charge >= 0.3 is 6.18 Å². The molecule has 1 atom stereocenters. The number of piperidine rings is 1. The van der Waals surface area contributed by atoms with Crippen molar-refractivity contribution in [2.24, 2.45) is 0 Å². The molecule has 12 heteroatoms. The maximum atomic E-state index is 15.5. The minimum Gasteiger partial charge on any atom is -0.377 e. The lowest BCUT2D eigenvalue weighted by Gasteiger charge is -2.31. The van der Waals surface area contributed by atoms with E-state index in [2.05, 4.69) is 20.2 Å². The van der Waals surface area contributed by atoms with Crippen molar-refractivity contribution in [2.75, 3.05) is 24.1 Å². The number of fused-ring (bicyclic) bond motifs is 1. The number of nitrogens with zero attached hydrogens (tertiary/aromatic N) is 5. The lowest BCUT2D eigenvalue weighted by Crippen LogP contribution is -2.30. The number of nitrogen functional groups attached to an aromatic ring is 1. The number of hydrogen-bond acceptors (Lipinski definition) is 6. The smallest absolute Gasteiger partial charge is 0.377 e. The number of nitrogens with one attached hydrogen (secondary N) is 1. The molecule has 1 saturated heterocycles. The summed E-state index contributed by atoms with van der Waals surface area (Å²) < 4.78 is 56.0. The van der Waals surface area contributed by atoms with Crippen molar-refractivity contribution in [3.05, 3.63) is 83.7 Å². The molecular weight excluding hydrogens is 514 g/mol. The Kier molecular flexibility index (Phi) is 6.94. The Labute approximate surface area is 221 Å². The largest absolute Gasteiger partial charge is 0.416 e. The van der Waals surface area contributed by atoms with Crippen LogP contribution in [0.25, 0.3) is 16.9 Å². The number of benzene rings is 1. The molecule has 202 valence electrons. The highest BCUT2D eigenvalue weighted by Crippen LogP contribution is 2.35. The van der Waals surface area contributed by atoms with Gasteiger partial charge in [-0.15, -0.1) is 0 Å². The third-order valence-electron chi connectivity index (χ3n) is 6.61. The fourth-order valence-corrected chi connectivity index (χ4v) is 4.84. The summed E-state index contributed by atoms with van der Waals surface area (Å²) in [7, 11) is 0. The number of allylic oxidation sites excluding steroid dienone is 1. The molecule has 4 heterocycles. The van der Waals surface area contributed by atoms with Crippen LogP contribution in [0.3, 0.4) is 0 Å². The maximum absolute atomic E-state index is 15.5. The number of halogens is 4. The summed E-state index contributed by atoms with van der Waals surface area (Å²) in [4.78, 5) is 27.6. The summed E-state index contributed by atoms with van der Waals surface area (Å²) in [5, 5.41) is 2.28. The van der Waals surface area contributed by atoms with Crippen molar-refractivity contribution in [1.82, 2.24) is 24.3 Å². The Balaban J connectivity index is 1.47. The lowest BCUT2D eigenvalue weighted by molar-refractivity contribution is -0.137. The molecule has 1 aliphatic heterocycles. The summed E-state index contributed by atoms with van der Waals surface area (Å²) in [6.45, 7) is 3.66. The molecule has 0 saturated carbocycles. The average Bonchev–Trinajstić information content (AvgIpc) is 3.29. The maximum Gasteiger partial charge on any atom is 0.416 e. The van der Waals surface area contributed by atoms with Crippen LogP contribution >= 0.6 is 0 Å². The second kappa shape index (κ2) is 10.4. The predicted octanol–water partition coefficient (Wildman–Crippen LogP) is 5.50. The van der Waals surface area contributed by atoms with Gasteiger partial charge in [-0.1, -0.05) is 6.08 Å². The number of pyridine rings is 1. The van der Waals surface area contributed by atoms with Crippen molar-refractivity contribution in [3.8, 4) is 11.4 Å². The third-order valence-corrected chi connectivity index (χ3v) is 6.61. The first-order valence-electron chi connectivity index (χ1n) is 12.3. The molecule has 0 aliphatic carbocycles. The molecule has 5 rings (SSSR count). The number of rotatable bonds is 5. The highest BCUT2D eigenvalue weighted by atomic mass is 19.4. The van der Waals surface area contributed by atoms with E-state index < -0.39 is 23.5 Å². The monoisotopic (exact) mass is 539 g/mol. The molecule has 1 fully saturated rings. The molecule has 1 aromatic carbocycles. The van der Waals surface area contributed by atoms with Crippen molar-refractivity contribution < 1.29 is 22.4 Å². The number of alkyl halides is 3. The second-order valence-electron chi connectivity index (χ2n) is 9.24. The van der Waals surface area contributed by atoms with Gasteiger partial charge in [0.15, 0.2) is 5.82 Å². The van der Waals surface area contributed by atoms with Crippen molar-refractivity contribution in [2.45, 2.75) is 31.9 Å². The Bertz CT molecular complexity index is 1560. The topological polar surface area (TPSA) is 101 Å². The van der Waals surface area contributed by atoms with E-state index in [1.165, 1.54) is 12.1 Å². The Morgan fingerprint density at radius 3 is 2.69 bits per heavy atom. The molecule has 8 nitrogen and oxygen atoms in total. The van der Waals surface area contributed by atoms with Crippen LogP contribution < -0.4 is 11.1 Å². The van der Waals surface area contributed by atoms with E-state index in [0.717, 1.165) is 55.5 Å². The minimum atomic E-state index is -4.60. The quantitative estimate of drug-likeness (QED) is 0.325. The van der Waals surface area contributed by atoms with Gasteiger partial charge in [0.2, 0.25) is 5.95 Å². The first-order chi connectivity index (χ1) is 18.7. The zero-order valence-corrected chi connectivity index (χ0v) is 20.9. The number of imidazole rings is 1. The normalized spacial score (nSPS) is 16.2. The van der Waals surface area contributed by atoms with Gasteiger partial charge < -0.3 is 16.0 Å². The van der Waals surface area contributed by atoms with E-state index in [1.54, 1.807) is 16.7 Å². The SMILES string of the molecule is CC=CN1CCCC(c2nc(-c3ccc(C(=O)Nc4cc(C(F)(F)F)ccn4)cc3F)n3c(N)nccc23)C1. The lowest BCUT2D eigenvalue weighted by atomic mass is 9.94. The van der Waals surface area contributed by atoms with Crippen LogP contribution in [0.2, 0.25) is 0 Å². The van der Waals surface area contributed by atoms with Gasteiger partial charge in [-0.3, -0.25) is 9.20 Å². The minimum absolute atomic E-state index is 0.0913. The highest BCUT2D eigenvalue weighted by Gasteiger charge is 2.31. The van der Waals surface area contributed by atoms with Gasteiger partial charge in [-0.2, -0.15) is 13.2 Å². The van der Waals surface area contributed by atoms with E-state index in [4.69, 9.17) is 10.7 Å². The number of anilines is 2. The van der Waals surface area contributed by atoms with Crippen LogP contribution in [0.4, 0.5) is 29.3 Å². The van der Waals surface area contributed by atoms with Gasteiger partial charge in [0.1, 0.15) is 11.6 Å². The summed E-state index contributed by atoms with van der Waals surface area (Å²) in [5.74, 6) is -1.39. The van der Waals surface area contributed by atoms with Gasteiger partial charge in [0.25, 0.3) is 5.91 Å². The van der Waals surface area contributed by atoms with Gasteiger partial charge in [-0.05, 0) is 62.4 Å². The molecule has 3 N–H and O–H groups in total. The summed E-state index contributed by atoms with van der Waals surface area (Å²) in [6, 6.07) is 7.04. The Morgan fingerprint density at radius 2 is 1.95 bits per heavy atom. The number of amides is 1. The fraction of sp³-hybridized carbons (Fsp3) is 0.259. The molecule has 1 unspecified atom stereocenters. The van der Waals surface area contributed by atoms with Crippen molar-refractivity contribution >= 4 is 23.2 Å². The molecule has 0 radical (unpaired) electrons. The van der Waals surface area contributed by atoms with Crippen LogP contribution in [0.15, 0.2) is 61.1 Å². The third kappa shape index (κ3) is 5.27. The van der Waals surface area contributed by atoms with E-state index in [9.17, 15) is 18.0 Å². The molecule has 0 spiro atoms. The van der Waals surface area contributed by atoms with E-state index in [-0.39, 0.29) is 34.6 Å². The first kappa shape index (κ1) is 26.1. The Morgan fingerprint density at radius 1 is 1.15 bits per heavy atom. The fourth-order valence-electron chi connectivity index (χ4n) is 4.84. The van der Waals surface area contributed by atoms with Crippen LogP contribution in [0.5, 0.6) is 0 Å². The number of likely N-dealkylation sites (tertiary alicyclic amines) is 1. The van der Waals surface area contributed by atoms with Gasteiger partial charge in [-0.25, -0.2) is 19.3 Å². The van der Waals surface area contributed by atoms with Crippen LogP contribution in [0.1, 0.15) is 47.3 Å². The summed E-state index contributed by atoms with van der Waals surface area (Å²) in [6.07, 6.45) is 3.83. The number of carbonyl (C=O) groups excluding carboxylic acids is 1. The number of nitrogens with two attached hydrogens (primary N) is 1. The van der Waals surface area contributed by atoms with E-state index >= 15 is 4.39 Å². The highest BCUT2D eigenvalue weighted by molar-refractivity contribution is 6.04. The molecule has 4 aromatic rings. The molecule has 1 amide bonds. The standard InChI is InChI=1S/C27H25F4N7O/c1-2-11-37-12-3-4-17(15-37)23-21-8-10-34-26(32)38(21)24(36-23)19-6-5-16(13-20(19)28)25(39)35-22-14-18(7-9-33-22)27(29,30)31/h2,5-11,13-14,17H,3-4,12,15H2,1H3,(H2,32,34)(H,33,35,39). The molecule has 0 bridgehead atoms. The van der Waals surface area contributed by atoms with E-state index in [1.807, 2.05) is 19.2 Å². The second-order valence-corrected chi connectivity index (χ2v) is 9.24. The first-order valence-corrected chi connectivity index (χ1v) is 12.3. The number of aromatic nitrogens is 4. The van der Waals surface area contributed by atoms with E-state index in [0.29, 0.717) is 6.07 Å². The summed E-state index contributed by atoms with van der Waals surface area (Å²) in [5.41, 5.74) is 6.73. The van der Waals surface area contributed by atoms with Crippen LogP contribution in [-0.2, 0) is 6.18 Å². The average molecular weight is 540 g/mol. The molecule has 1 aliphatic rings. The molecule has 39 heavy (non-hydrogen) atoms. The van der Waals surface area contributed by atoms with Crippen molar-refractivity contribution in [1.29, 1.82) is 0 Å². The number of hydrogen-bond donors (Lipinski definition) is 2. The molecular formula is C27H25F4N7O. The van der Waals surface area contributed by atoms with Gasteiger partial charge in [0.05, 0.1) is 22.3 Å². The zero-order valence-electron chi connectivity index (χ0n) is 20.9. The summed E-state index contributed by atoms with van der Waals surface area (Å²) >= 11 is 0.